The van der Waals surface area contributed by atoms with E-state index < -0.39 is 15.6 Å². The molecule has 2 N–H and O–H groups in total. The Bertz CT molecular complexity index is 1630. The van der Waals surface area contributed by atoms with E-state index in [0.29, 0.717) is 29.7 Å². The third-order valence-corrected chi connectivity index (χ3v) is 9.61. The van der Waals surface area contributed by atoms with E-state index in [1.807, 2.05) is 81.4 Å². The molecular weight excluding hydrogens is 530 g/mol. The SMILES string of the molecule is CC(C)(C)NS(=O)(=O)c1ccc(-c2sc(C(=O)NC3CC(C=O)C3)nc2Cc2ccccc2)c2ccccc12. The Labute approximate surface area is 232 Å². The van der Waals surface area contributed by atoms with Gasteiger partial charge in [0.25, 0.3) is 5.91 Å². The van der Waals surface area contributed by atoms with Crippen molar-refractivity contribution in [2.75, 3.05) is 0 Å². The number of nitrogens with zero attached hydrogens (tertiary/aromatic N) is 1. The van der Waals surface area contributed by atoms with Crippen LogP contribution in [-0.4, -0.2) is 37.2 Å². The molecule has 7 nitrogen and oxygen atoms in total. The first kappa shape index (κ1) is 27.2. The number of benzene rings is 3. The highest BCUT2D eigenvalue weighted by molar-refractivity contribution is 7.89. The number of aldehydes is 1. The van der Waals surface area contributed by atoms with Gasteiger partial charge in [-0.1, -0.05) is 60.7 Å². The lowest BCUT2D eigenvalue weighted by Crippen LogP contribution is -2.44. The van der Waals surface area contributed by atoms with Crippen molar-refractivity contribution in [1.82, 2.24) is 15.0 Å². The molecule has 4 aromatic rings. The quantitative estimate of drug-likeness (QED) is 0.283. The lowest BCUT2D eigenvalue weighted by Gasteiger charge is -2.31. The van der Waals surface area contributed by atoms with Crippen LogP contribution >= 0.6 is 11.3 Å². The normalized spacial score (nSPS) is 17.5. The zero-order valence-electron chi connectivity index (χ0n) is 22.1. The number of hydrogen-bond acceptors (Lipinski definition) is 6. The van der Waals surface area contributed by atoms with Gasteiger partial charge in [-0.25, -0.2) is 18.1 Å². The van der Waals surface area contributed by atoms with Crippen molar-refractivity contribution < 1.29 is 18.0 Å². The second kappa shape index (κ2) is 10.6. The van der Waals surface area contributed by atoms with E-state index >= 15 is 0 Å². The molecule has 1 aromatic heterocycles. The minimum absolute atomic E-state index is 0.00438. The zero-order valence-corrected chi connectivity index (χ0v) is 23.7. The second-order valence-corrected chi connectivity index (χ2v) is 13.7. The average Bonchev–Trinajstić information content (AvgIpc) is 3.27. The molecule has 0 spiro atoms. The number of carbonyl (C=O) groups is 2. The average molecular weight is 562 g/mol. The molecule has 0 bridgehead atoms. The lowest BCUT2D eigenvalue weighted by atomic mass is 9.81. The van der Waals surface area contributed by atoms with Crippen molar-refractivity contribution in [3.63, 3.8) is 0 Å². The van der Waals surface area contributed by atoms with Gasteiger partial charge in [-0.2, -0.15) is 0 Å². The molecule has 1 fully saturated rings. The summed E-state index contributed by atoms with van der Waals surface area (Å²) >= 11 is 1.30. The lowest BCUT2D eigenvalue weighted by molar-refractivity contribution is -0.113. The summed E-state index contributed by atoms with van der Waals surface area (Å²) in [6.45, 7) is 5.43. The number of hydrogen-bond donors (Lipinski definition) is 2. The van der Waals surface area contributed by atoms with Crippen LogP contribution in [0.3, 0.4) is 0 Å². The van der Waals surface area contributed by atoms with Crippen molar-refractivity contribution >= 4 is 44.3 Å². The molecule has 3 aromatic carbocycles. The van der Waals surface area contributed by atoms with E-state index in [0.717, 1.165) is 33.4 Å². The van der Waals surface area contributed by atoms with E-state index in [1.165, 1.54) is 11.3 Å². The van der Waals surface area contributed by atoms with Crippen molar-refractivity contribution in [2.24, 2.45) is 5.92 Å². The minimum Gasteiger partial charge on any atom is -0.347 e. The van der Waals surface area contributed by atoms with Crippen molar-refractivity contribution in [3.8, 4) is 10.4 Å². The van der Waals surface area contributed by atoms with Crippen LogP contribution in [0, 0.1) is 5.92 Å². The molecule has 0 atom stereocenters. The number of sulfonamides is 1. The van der Waals surface area contributed by atoms with Crippen LogP contribution in [0.2, 0.25) is 0 Å². The van der Waals surface area contributed by atoms with Crippen LogP contribution in [0.5, 0.6) is 0 Å². The van der Waals surface area contributed by atoms with Crippen LogP contribution in [-0.2, 0) is 21.2 Å². The summed E-state index contributed by atoms with van der Waals surface area (Å²) in [7, 11) is -3.78. The molecule has 202 valence electrons. The molecule has 0 unspecified atom stereocenters. The maximum atomic E-state index is 13.3. The predicted molar refractivity (Wildman–Crippen MR) is 154 cm³/mol. The Morgan fingerprint density at radius 2 is 1.67 bits per heavy atom. The molecule has 1 aliphatic rings. The number of carbonyl (C=O) groups excluding carboxylic acids is 2. The fourth-order valence-corrected chi connectivity index (χ4v) is 7.52. The summed E-state index contributed by atoms with van der Waals surface area (Å²) in [6.07, 6.45) is 2.76. The van der Waals surface area contributed by atoms with Crippen LogP contribution < -0.4 is 10.0 Å². The first-order valence-electron chi connectivity index (χ1n) is 12.9. The van der Waals surface area contributed by atoms with E-state index in [4.69, 9.17) is 4.98 Å². The van der Waals surface area contributed by atoms with Crippen molar-refractivity contribution in [1.29, 1.82) is 0 Å². The topological polar surface area (TPSA) is 105 Å². The second-order valence-electron chi connectivity index (χ2n) is 11.0. The van der Waals surface area contributed by atoms with Crippen molar-refractivity contribution in [2.45, 2.75) is 56.5 Å². The molecule has 0 radical (unpaired) electrons. The number of rotatable bonds is 8. The fraction of sp³-hybridized carbons (Fsp3) is 0.300. The van der Waals surface area contributed by atoms with E-state index in [1.54, 1.807) is 6.07 Å². The third kappa shape index (κ3) is 5.95. The Kier molecular flexibility index (Phi) is 7.41. The number of amides is 1. The molecule has 5 rings (SSSR count). The largest absolute Gasteiger partial charge is 0.347 e. The molecule has 9 heteroatoms. The van der Waals surface area contributed by atoms with Crippen LogP contribution in [0.25, 0.3) is 21.2 Å². The van der Waals surface area contributed by atoms with Crippen molar-refractivity contribution in [3.05, 3.63) is 83.0 Å². The van der Waals surface area contributed by atoms with Gasteiger partial charge in [0.15, 0.2) is 5.01 Å². The van der Waals surface area contributed by atoms with E-state index in [-0.39, 0.29) is 22.8 Å². The summed E-state index contributed by atoms with van der Waals surface area (Å²) in [4.78, 5) is 29.9. The summed E-state index contributed by atoms with van der Waals surface area (Å²) in [6, 6.07) is 20.7. The van der Waals surface area contributed by atoms with Gasteiger partial charge < -0.3 is 10.1 Å². The summed E-state index contributed by atoms with van der Waals surface area (Å²) < 4.78 is 29.3. The Morgan fingerprint density at radius 1 is 1.00 bits per heavy atom. The van der Waals surface area contributed by atoms with E-state index in [9.17, 15) is 18.0 Å². The molecular formula is C30H31N3O4S2. The molecule has 0 saturated heterocycles. The number of fused-ring (bicyclic) bond motifs is 1. The van der Waals surface area contributed by atoms with Gasteiger partial charge in [0.1, 0.15) is 6.29 Å². The Balaban J connectivity index is 1.59. The first-order chi connectivity index (χ1) is 18.5. The zero-order chi connectivity index (χ0) is 27.8. The van der Waals surface area contributed by atoms with Gasteiger partial charge in [-0.15, -0.1) is 11.3 Å². The molecule has 1 amide bonds. The highest BCUT2D eigenvalue weighted by Gasteiger charge is 2.31. The number of thiazole rings is 1. The summed E-state index contributed by atoms with van der Waals surface area (Å²) in [5.74, 6) is -0.252. The monoisotopic (exact) mass is 561 g/mol. The van der Waals surface area contributed by atoms with Crippen LogP contribution in [0.4, 0.5) is 0 Å². The van der Waals surface area contributed by atoms with Crippen LogP contribution in [0.15, 0.2) is 71.6 Å². The molecule has 1 aliphatic carbocycles. The standard InChI is InChI=1S/C30H31N3O4S2/c1-30(2,3)33-39(36,37)26-14-13-24(22-11-7-8-12-23(22)26)27-25(17-19-9-5-4-6-10-19)32-29(38-27)28(35)31-21-15-20(16-21)18-34/h4-14,18,20-21,33H,15-17H2,1-3H3,(H,31,35). The summed E-state index contributed by atoms with van der Waals surface area (Å²) in [5, 5.41) is 4.72. The van der Waals surface area contributed by atoms with Crippen LogP contribution in [0.1, 0.15) is 54.7 Å². The summed E-state index contributed by atoms with van der Waals surface area (Å²) in [5.41, 5.74) is 2.01. The smallest absolute Gasteiger partial charge is 0.280 e. The number of aromatic nitrogens is 1. The van der Waals surface area contributed by atoms with E-state index in [2.05, 4.69) is 10.0 Å². The highest BCUT2D eigenvalue weighted by atomic mass is 32.2. The molecule has 39 heavy (non-hydrogen) atoms. The van der Waals surface area contributed by atoms with Gasteiger partial charge in [-0.3, -0.25) is 4.79 Å². The minimum atomic E-state index is -3.78. The first-order valence-corrected chi connectivity index (χ1v) is 15.2. The van der Waals surface area contributed by atoms with Gasteiger partial charge in [0, 0.05) is 34.9 Å². The van der Waals surface area contributed by atoms with Gasteiger partial charge >= 0.3 is 0 Å². The Morgan fingerprint density at radius 3 is 2.33 bits per heavy atom. The Hall–Kier alpha value is -3.40. The fourth-order valence-electron chi connectivity index (χ4n) is 4.87. The van der Waals surface area contributed by atoms with Gasteiger partial charge in [0.05, 0.1) is 15.5 Å². The molecule has 1 heterocycles. The maximum Gasteiger partial charge on any atom is 0.280 e. The molecule has 0 aliphatic heterocycles. The van der Waals surface area contributed by atoms with Gasteiger partial charge in [-0.05, 0) is 50.6 Å². The highest BCUT2D eigenvalue weighted by Crippen LogP contribution is 2.39. The van der Waals surface area contributed by atoms with Gasteiger partial charge in [0.2, 0.25) is 10.0 Å². The third-order valence-electron chi connectivity index (χ3n) is 6.67. The maximum absolute atomic E-state index is 13.3. The predicted octanol–water partition coefficient (Wildman–Crippen LogP) is 5.34. The number of nitrogens with one attached hydrogen (secondary N) is 2. The molecule has 1 saturated carbocycles.